The summed E-state index contributed by atoms with van der Waals surface area (Å²) in [5.74, 6) is -2.75. The molecule has 2 N–H and O–H groups in total. The van der Waals surface area contributed by atoms with Crippen molar-refractivity contribution >= 4 is 17.9 Å². The maximum atomic E-state index is 9.00. The summed E-state index contributed by atoms with van der Waals surface area (Å²) in [4.78, 5) is 26.9. The van der Waals surface area contributed by atoms with E-state index in [1.165, 1.54) is 0 Å². The molecule has 79 valence electrons. The van der Waals surface area contributed by atoms with Crippen molar-refractivity contribution in [2.75, 3.05) is 0 Å². The third-order valence-electron chi connectivity index (χ3n) is 0. The Morgan fingerprint density at radius 1 is 0.929 bits per heavy atom. The van der Waals surface area contributed by atoms with Crippen molar-refractivity contribution in [3.8, 4) is 0 Å². The van der Waals surface area contributed by atoms with Crippen LogP contribution in [0, 0.1) is 0 Å². The molecule has 14 heavy (non-hydrogen) atoms. The Morgan fingerprint density at radius 3 is 0.929 bits per heavy atom. The van der Waals surface area contributed by atoms with Crippen LogP contribution in [0.2, 0.25) is 0 Å². The maximum absolute atomic E-state index is 9.00. The van der Waals surface area contributed by atoms with Gasteiger partial charge in [0.2, 0.25) is 0 Å². The van der Waals surface area contributed by atoms with Crippen molar-refractivity contribution in [3.05, 3.63) is 0 Å². The molecule has 6 nitrogen and oxygen atoms in total. The van der Waals surface area contributed by atoms with Gasteiger partial charge in [-0.15, -0.1) is 0 Å². The van der Waals surface area contributed by atoms with E-state index >= 15 is 0 Å². The van der Waals surface area contributed by atoms with Crippen LogP contribution in [0.25, 0.3) is 0 Å². The molecule has 0 aliphatic carbocycles. The Morgan fingerprint density at radius 2 is 0.929 bits per heavy atom. The topological polar surface area (TPSA) is 115 Å². The van der Waals surface area contributed by atoms with Gasteiger partial charge in [-0.1, -0.05) is 0 Å². The van der Waals surface area contributed by atoms with Gasteiger partial charge in [0.1, 0.15) is 0 Å². The number of carbonyl (C=O) groups excluding carboxylic acids is 1. The summed E-state index contributed by atoms with van der Waals surface area (Å²) in [6.45, 7) is 3.14. The van der Waals surface area contributed by atoms with Crippen molar-refractivity contribution in [2.45, 2.75) is 20.8 Å². The molecule has 0 aromatic heterocycles. The van der Waals surface area contributed by atoms with Crippen molar-refractivity contribution in [1.29, 1.82) is 0 Å². The minimum atomic E-state index is -1.08. The fourth-order valence-corrected chi connectivity index (χ4v) is 0. The Balaban J connectivity index is -0.0000000270. The zero-order valence-electron chi connectivity index (χ0n) is 8.41. The minimum absolute atomic E-state index is 0. The molecule has 0 amide bonds. The first-order valence-electron chi connectivity index (χ1n) is 2.76. The van der Waals surface area contributed by atoms with Gasteiger partial charge < -0.3 is 20.1 Å². The third kappa shape index (κ3) is 5710. The second kappa shape index (κ2) is 22.9. The van der Waals surface area contributed by atoms with Crippen LogP contribution in [-0.4, -0.2) is 28.1 Å². The van der Waals surface area contributed by atoms with Crippen LogP contribution < -0.4 is 24.0 Å². The van der Waals surface area contributed by atoms with Gasteiger partial charge in [-0.25, -0.2) is 0 Å². The predicted molar refractivity (Wildman–Crippen MR) is 37.3 cm³/mol. The van der Waals surface area contributed by atoms with E-state index in [1.54, 1.807) is 0 Å². The molecular formula is C6H11LiMnO6. The molecule has 8 heteroatoms. The van der Waals surface area contributed by atoms with Crippen LogP contribution >= 0.6 is 0 Å². The van der Waals surface area contributed by atoms with E-state index in [0.717, 1.165) is 20.8 Å². The number of hydrogen-bond donors (Lipinski definition) is 2. The Hall–Kier alpha value is -0.473. The van der Waals surface area contributed by atoms with Crippen molar-refractivity contribution in [3.63, 3.8) is 0 Å². The first-order chi connectivity index (χ1) is 5.20. The van der Waals surface area contributed by atoms with E-state index in [2.05, 4.69) is 0 Å². The molecule has 0 aromatic carbocycles. The van der Waals surface area contributed by atoms with E-state index in [1.807, 2.05) is 0 Å². The fraction of sp³-hybridized carbons (Fsp3) is 0.500. The summed E-state index contributed by atoms with van der Waals surface area (Å²) < 4.78 is 0. The molecule has 0 unspecified atom stereocenters. The molecular weight excluding hydrogens is 230 g/mol. The average Bonchev–Trinajstić information content (AvgIpc) is 1.54. The van der Waals surface area contributed by atoms with Gasteiger partial charge in [-0.2, -0.15) is 0 Å². The second-order valence-electron chi connectivity index (χ2n) is 1.53. The number of carboxylic acids is 3. The normalized spacial score (nSPS) is 5.36. The molecule has 0 rings (SSSR count). The van der Waals surface area contributed by atoms with Gasteiger partial charge in [0.25, 0.3) is 11.9 Å². The van der Waals surface area contributed by atoms with Gasteiger partial charge in [-0.3, -0.25) is 9.59 Å². The molecule has 0 fully saturated rings. The van der Waals surface area contributed by atoms with Crippen LogP contribution in [0.4, 0.5) is 0 Å². The van der Waals surface area contributed by atoms with Crippen LogP contribution in [0.15, 0.2) is 0 Å². The Bertz CT molecular complexity index is 120. The summed E-state index contributed by atoms with van der Waals surface area (Å²) in [6.07, 6.45) is 0. The van der Waals surface area contributed by atoms with E-state index in [-0.39, 0.29) is 35.9 Å². The van der Waals surface area contributed by atoms with E-state index in [0.29, 0.717) is 0 Å². The van der Waals surface area contributed by atoms with Gasteiger partial charge in [0.15, 0.2) is 0 Å². The quantitative estimate of drug-likeness (QED) is 0.417. The van der Waals surface area contributed by atoms with Crippen molar-refractivity contribution < 1.29 is 65.6 Å². The first-order valence-corrected chi connectivity index (χ1v) is 2.76. The molecule has 1 radical (unpaired) electrons. The van der Waals surface area contributed by atoms with E-state index in [9.17, 15) is 0 Å². The summed E-state index contributed by atoms with van der Waals surface area (Å²) >= 11 is 0. The third-order valence-corrected chi connectivity index (χ3v) is 0. The summed E-state index contributed by atoms with van der Waals surface area (Å²) in [5.41, 5.74) is 0. The molecule has 0 aromatic rings. The minimum Gasteiger partial charge on any atom is -0.550 e. The second-order valence-corrected chi connectivity index (χ2v) is 1.53. The monoisotopic (exact) mass is 241 g/mol. The summed E-state index contributed by atoms with van der Waals surface area (Å²) in [6, 6.07) is 0. The van der Waals surface area contributed by atoms with Crippen LogP contribution in [-0.2, 0) is 31.5 Å². The Labute approximate surface area is 104 Å². The van der Waals surface area contributed by atoms with Crippen molar-refractivity contribution in [1.82, 2.24) is 0 Å². The maximum Gasteiger partial charge on any atom is 1.00 e. The molecule has 0 atom stereocenters. The van der Waals surface area contributed by atoms with Crippen LogP contribution in [0.3, 0.4) is 0 Å². The number of hydrogen-bond acceptors (Lipinski definition) is 4. The van der Waals surface area contributed by atoms with Crippen LogP contribution in [0.5, 0.6) is 0 Å². The standard InChI is InChI=1S/3C2H4O2.Li.Mn/c3*1-2(3)4;;/h3*1H3,(H,3,4);;/q;;;+1;/p-1. The first kappa shape index (κ1) is 29.2. The number of aliphatic carboxylic acids is 3. The molecule has 0 heterocycles. The van der Waals surface area contributed by atoms with Gasteiger partial charge in [0.05, 0.1) is 0 Å². The molecule has 0 aliphatic heterocycles. The number of rotatable bonds is 0. The van der Waals surface area contributed by atoms with Crippen LogP contribution in [0.1, 0.15) is 20.8 Å². The molecule has 0 saturated carbocycles. The summed E-state index contributed by atoms with van der Waals surface area (Å²) in [7, 11) is 0. The average molecular weight is 241 g/mol. The molecule has 0 aliphatic rings. The van der Waals surface area contributed by atoms with Gasteiger partial charge in [-0.05, 0) is 6.92 Å². The van der Waals surface area contributed by atoms with Gasteiger partial charge >= 0.3 is 18.9 Å². The zero-order chi connectivity index (χ0) is 10.7. The largest absolute Gasteiger partial charge is 1.00 e. The SMILES string of the molecule is CC(=O)O.CC(=O)O.CC(=O)[O-].[Li+].[Mn]. The summed E-state index contributed by atoms with van der Waals surface area (Å²) in [5, 5.41) is 23.7. The van der Waals surface area contributed by atoms with E-state index in [4.69, 9.17) is 29.7 Å². The van der Waals surface area contributed by atoms with Gasteiger partial charge in [0, 0.05) is 36.9 Å². The number of carboxylic acid groups (broad SMARTS) is 3. The smallest absolute Gasteiger partial charge is 0.550 e. The Kier molecular flexibility index (Phi) is 47.7. The van der Waals surface area contributed by atoms with E-state index < -0.39 is 17.9 Å². The predicted octanol–water partition coefficient (Wildman–Crippen LogP) is -4.06. The van der Waals surface area contributed by atoms with Crippen molar-refractivity contribution in [2.24, 2.45) is 0 Å². The zero-order valence-corrected chi connectivity index (χ0v) is 9.59. The number of carbonyl (C=O) groups is 3. The molecule has 0 bridgehead atoms. The molecule has 0 saturated heterocycles. The fourth-order valence-electron chi connectivity index (χ4n) is 0. The molecule has 0 spiro atoms.